The van der Waals surface area contributed by atoms with E-state index in [0.29, 0.717) is 12.5 Å². The molecule has 1 aromatic carbocycles. The standard InChI is InChI=1S/C12H18N2O3S/c1-9(2)7-8-14-18(16,17)11-5-3-10(4-6-11)12(13)15/h3-6,9,14H,7-8H2,1-2H3,(H2,13,15). The Labute approximate surface area is 107 Å². The van der Waals surface area contributed by atoms with Crippen LogP contribution in [0.5, 0.6) is 0 Å². The molecule has 100 valence electrons. The first-order valence-corrected chi connectivity index (χ1v) is 7.21. The van der Waals surface area contributed by atoms with Crippen molar-refractivity contribution in [1.82, 2.24) is 4.72 Å². The molecule has 0 bridgehead atoms. The van der Waals surface area contributed by atoms with Gasteiger partial charge in [-0.3, -0.25) is 4.79 Å². The highest BCUT2D eigenvalue weighted by Crippen LogP contribution is 2.10. The molecule has 0 saturated carbocycles. The third-order valence-corrected chi connectivity index (χ3v) is 3.94. The summed E-state index contributed by atoms with van der Waals surface area (Å²) in [4.78, 5) is 11.0. The van der Waals surface area contributed by atoms with Gasteiger partial charge in [-0.1, -0.05) is 13.8 Å². The van der Waals surface area contributed by atoms with Gasteiger partial charge >= 0.3 is 0 Å². The fourth-order valence-corrected chi connectivity index (χ4v) is 2.41. The van der Waals surface area contributed by atoms with Gasteiger partial charge in [0.1, 0.15) is 0 Å². The van der Waals surface area contributed by atoms with Crippen molar-refractivity contribution in [2.75, 3.05) is 6.54 Å². The van der Waals surface area contributed by atoms with Crippen LogP contribution in [0.2, 0.25) is 0 Å². The Morgan fingerprint density at radius 3 is 2.28 bits per heavy atom. The lowest BCUT2D eigenvalue weighted by atomic mass is 10.1. The molecule has 0 atom stereocenters. The molecule has 0 aliphatic carbocycles. The molecule has 18 heavy (non-hydrogen) atoms. The van der Waals surface area contributed by atoms with E-state index in [1.165, 1.54) is 24.3 Å². The number of nitrogens with two attached hydrogens (primary N) is 1. The fraction of sp³-hybridized carbons (Fsp3) is 0.417. The van der Waals surface area contributed by atoms with Crippen molar-refractivity contribution in [2.24, 2.45) is 11.7 Å². The molecule has 1 rings (SSSR count). The van der Waals surface area contributed by atoms with Gasteiger partial charge < -0.3 is 5.73 Å². The molecule has 0 saturated heterocycles. The lowest BCUT2D eigenvalue weighted by Gasteiger charge is -2.08. The topological polar surface area (TPSA) is 89.3 Å². The van der Waals surface area contributed by atoms with E-state index in [2.05, 4.69) is 4.72 Å². The van der Waals surface area contributed by atoms with E-state index in [9.17, 15) is 13.2 Å². The van der Waals surface area contributed by atoms with E-state index < -0.39 is 15.9 Å². The van der Waals surface area contributed by atoms with E-state index in [0.717, 1.165) is 6.42 Å². The first-order valence-electron chi connectivity index (χ1n) is 5.72. The first kappa shape index (κ1) is 14.7. The summed E-state index contributed by atoms with van der Waals surface area (Å²) >= 11 is 0. The average molecular weight is 270 g/mol. The Hall–Kier alpha value is -1.40. The number of carbonyl (C=O) groups excluding carboxylic acids is 1. The van der Waals surface area contributed by atoms with Crippen LogP contribution in [-0.4, -0.2) is 20.9 Å². The summed E-state index contributed by atoms with van der Waals surface area (Å²) < 4.78 is 26.2. The Morgan fingerprint density at radius 1 is 1.28 bits per heavy atom. The van der Waals surface area contributed by atoms with Crippen molar-refractivity contribution in [3.63, 3.8) is 0 Å². The van der Waals surface area contributed by atoms with Crippen molar-refractivity contribution in [1.29, 1.82) is 0 Å². The van der Waals surface area contributed by atoms with Crippen LogP contribution < -0.4 is 10.5 Å². The van der Waals surface area contributed by atoms with Gasteiger partial charge in [0, 0.05) is 12.1 Å². The largest absolute Gasteiger partial charge is 0.366 e. The van der Waals surface area contributed by atoms with Crippen LogP contribution in [-0.2, 0) is 10.0 Å². The third-order valence-electron chi connectivity index (χ3n) is 2.46. The predicted molar refractivity (Wildman–Crippen MR) is 69.6 cm³/mol. The van der Waals surface area contributed by atoms with Crippen molar-refractivity contribution in [2.45, 2.75) is 25.2 Å². The monoisotopic (exact) mass is 270 g/mol. The number of hydrogen-bond acceptors (Lipinski definition) is 3. The summed E-state index contributed by atoms with van der Waals surface area (Å²) in [6, 6.07) is 5.55. The number of nitrogens with one attached hydrogen (secondary N) is 1. The molecule has 5 nitrogen and oxygen atoms in total. The quantitative estimate of drug-likeness (QED) is 0.811. The highest BCUT2D eigenvalue weighted by molar-refractivity contribution is 7.89. The van der Waals surface area contributed by atoms with E-state index in [-0.39, 0.29) is 10.5 Å². The second-order valence-electron chi connectivity index (χ2n) is 4.47. The first-order chi connectivity index (χ1) is 8.33. The molecule has 1 aromatic rings. The van der Waals surface area contributed by atoms with E-state index in [1.54, 1.807) is 0 Å². The number of carbonyl (C=O) groups is 1. The zero-order chi connectivity index (χ0) is 13.8. The van der Waals surface area contributed by atoms with Gasteiger partial charge in [0.05, 0.1) is 4.90 Å². The second kappa shape index (κ2) is 5.97. The Morgan fingerprint density at radius 2 is 1.83 bits per heavy atom. The molecule has 3 N–H and O–H groups in total. The van der Waals surface area contributed by atoms with Crippen LogP contribution in [0.4, 0.5) is 0 Å². The van der Waals surface area contributed by atoms with Gasteiger partial charge in [-0.05, 0) is 36.6 Å². The fourth-order valence-electron chi connectivity index (χ4n) is 1.36. The van der Waals surface area contributed by atoms with Crippen LogP contribution in [0.3, 0.4) is 0 Å². The lowest BCUT2D eigenvalue weighted by molar-refractivity contribution is 0.1000. The Kier molecular flexibility index (Phi) is 4.86. The minimum absolute atomic E-state index is 0.135. The van der Waals surface area contributed by atoms with Crippen LogP contribution in [0.15, 0.2) is 29.2 Å². The van der Waals surface area contributed by atoms with Gasteiger partial charge in [0.2, 0.25) is 15.9 Å². The Bertz CT molecular complexity index is 507. The highest BCUT2D eigenvalue weighted by Gasteiger charge is 2.13. The maximum atomic E-state index is 11.9. The highest BCUT2D eigenvalue weighted by atomic mass is 32.2. The number of hydrogen-bond donors (Lipinski definition) is 2. The van der Waals surface area contributed by atoms with Crippen LogP contribution in [0, 0.1) is 5.92 Å². The van der Waals surface area contributed by atoms with Crippen LogP contribution >= 0.6 is 0 Å². The molecule has 0 unspecified atom stereocenters. The molecule has 0 heterocycles. The second-order valence-corrected chi connectivity index (χ2v) is 6.24. The van der Waals surface area contributed by atoms with Gasteiger partial charge in [0.25, 0.3) is 0 Å². The third kappa shape index (κ3) is 4.12. The number of sulfonamides is 1. The number of benzene rings is 1. The van der Waals surface area contributed by atoms with Crippen molar-refractivity contribution >= 4 is 15.9 Å². The minimum atomic E-state index is -3.50. The SMILES string of the molecule is CC(C)CCNS(=O)(=O)c1ccc(C(N)=O)cc1. The summed E-state index contributed by atoms with van der Waals surface area (Å²) in [5, 5.41) is 0. The van der Waals surface area contributed by atoms with Gasteiger partial charge in [-0.2, -0.15) is 0 Å². The number of rotatable bonds is 6. The molecule has 0 fully saturated rings. The summed E-state index contributed by atoms with van der Waals surface area (Å²) in [7, 11) is -3.50. The molecule has 0 aromatic heterocycles. The Balaban J connectivity index is 2.76. The minimum Gasteiger partial charge on any atom is -0.366 e. The molecule has 0 aliphatic heterocycles. The van der Waals surface area contributed by atoms with Crippen molar-refractivity contribution < 1.29 is 13.2 Å². The molecule has 1 amide bonds. The van der Waals surface area contributed by atoms with Gasteiger partial charge in [0.15, 0.2) is 0 Å². The van der Waals surface area contributed by atoms with E-state index in [4.69, 9.17) is 5.73 Å². The zero-order valence-corrected chi connectivity index (χ0v) is 11.3. The van der Waals surface area contributed by atoms with Crippen molar-refractivity contribution in [3.8, 4) is 0 Å². The number of amides is 1. The van der Waals surface area contributed by atoms with Gasteiger partial charge in [-0.25, -0.2) is 13.1 Å². The lowest BCUT2D eigenvalue weighted by Crippen LogP contribution is -2.25. The summed E-state index contributed by atoms with van der Waals surface area (Å²) in [5.41, 5.74) is 5.37. The normalized spacial score (nSPS) is 11.7. The molecule has 6 heteroatoms. The molecular weight excluding hydrogens is 252 g/mol. The van der Waals surface area contributed by atoms with Gasteiger partial charge in [-0.15, -0.1) is 0 Å². The van der Waals surface area contributed by atoms with Crippen LogP contribution in [0.1, 0.15) is 30.6 Å². The van der Waals surface area contributed by atoms with E-state index in [1.807, 2.05) is 13.8 Å². The van der Waals surface area contributed by atoms with Crippen molar-refractivity contribution in [3.05, 3.63) is 29.8 Å². The average Bonchev–Trinajstić information content (AvgIpc) is 2.28. The zero-order valence-electron chi connectivity index (χ0n) is 10.5. The summed E-state index contributed by atoms with van der Waals surface area (Å²) in [5.74, 6) is -0.142. The molecule has 0 radical (unpaired) electrons. The smallest absolute Gasteiger partial charge is 0.248 e. The maximum Gasteiger partial charge on any atom is 0.248 e. The van der Waals surface area contributed by atoms with Crippen LogP contribution in [0.25, 0.3) is 0 Å². The predicted octanol–water partition coefficient (Wildman–Crippen LogP) is 1.11. The summed E-state index contributed by atoms with van der Waals surface area (Å²) in [6.45, 7) is 4.45. The molecule has 0 spiro atoms. The summed E-state index contributed by atoms with van der Waals surface area (Å²) in [6.07, 6.45) is 0.776. The number of primary amides is 1. The molecule has 0 aliphatic rings. The maximum absolute atomic E-state index is 11.9. The molecular formula is C12H18N2O3S. The van der Waals surface area contributed by atoms with E-state index >= 15 is 0 Å².